The van der Waals surface area contributed by atoms with Crippen molar-refractivity contribution >= 4 is 16.7 Å². The Morgan fingerprint density at radius 3 is 2.31 bits per heavy atom. The second-order valence-corrected chi connectivity index (χ2v) is 7.52. The second kappa shape index (κ2) is 6.65. The Balaban J connectivity index is 1.86. The lowest BCUT2D eigenvalue weighted by atomic mass is 9.86. The molecule has 0 aliphatic carbocycles. The number of hydrogen-bond donors (Lipinski definition) is 0. The van der Waals surface area contributed by atoms with Gasteiger partial charge in [-0.1, -0.05) is 48.5 Å². The second-order valence-electron chi connectivity index (χ2n) is 7.52. The van der Waals surface area contributed by atoms with E-state index in [0.717, 1.165) is 29.9 Å². The number of Topliss-reactive ketones (excluding diaryl/α,β-unsaturated/α-hetero) is 1. The van der Waals surface area contributed by atoms with Crippen LogP contribution in [0.15, 0.2) is 60.7 Å². The van der Waals surface area contributed by atoms with E-state index in [1.54, 1.807) is 0 Å². The molecule has 1 aliphatic heterocycles. The molecule has 3 nitrogen and oxygen atoms in total. The number of aromatic nitrogens is 1. The molecule has 1 saturated heterocycles. The van der Waals surface area contributed by atoms with E-state index in [1.807, 2.05) is 24.3 Å². The van der Waals surface area contributed by atoms with Gasteiger partial charge in [0.25, 0.3) is 0 Å². The minimum atomic E-state index is -0.160. The van der Waals surface area contributed by atoms with Crippen molar-refractivity contribution in [2.24, 2.45) is 0 Å². The molecule has 0 N–H and O–H groups in total. The molecule has 3 heteroatoms. The number of likely N-dealkylation sites (tertiary alicyclic amines) is 1. The summed E-state index contributed by atoms with van der Waals surface area (Å²) in [5.74, 6) is 0.376. The number of ketones is 1. The maximum atomic E-state index is 11.7. The first kappa shape index (κ1) is 16.9. The summed E-state index contributed by atoms with van der Waals surface area (Å²) in [6.45, 7) is 6.17. The van der Waals surface area contributed by atoms with Crippen molar-refractivity contribution in [1.82, 2.24) is 9.88 Å². The Morgan fingerprint density at radius 2 is 1.58 bits per heavy atom. The topological polar surface area (TPSA) is 33.2 Å². The van der Waals surface area contributed by atoms with Gasteiger partial charge in [0.05, 0.1) is 11.2 Å². The van der Waals surface area contributed by atoms with Crippen molar-refractivity contribution in [1.29, 1.82) is 0 Å². The Hall–Kier alpha value is -2.52. The number of rotatable bonds is 3. The minimum Gasteiger partial charge on any atom is -0.300 e. The molecule has 1 fully saturated rings. The van der Waals surface area contributed by atoms with Gasteiger partial charge < -0.3 is 0 Å². The van der Waals surface area contributed by atoms with Crippen LogP contribution in [0.3, 0.4) is 0 Å². The van der Waals surface area contributed by atoms with Gasteiger partial charge in [-0.25, -0.2) is 4.98 Å². The molecular formula is C23H24N2O. The van der Waals surface area contributed by atoms with Crippen LogP contribution in [0.2, 0.25) is 0 Å². The quantitative estimate of drug-likeness (QED) is 0.684. The van der Waals surface area contributed by atoms with Crippen molar-refractivity contribution in [3.05, 3.63) is 66.2 Å². The lowest BCUT2D eigenvalue weighted by Crippen LogP contribution is -2.46. The van der Waals surface area contributed by atoms with Crippen LogP contribution in [0.5, 0.6) is 0 Å². The number of pyridine rings is 1. The lowest BCUT2D eigenvalue weighted by Gasteiger charge is -2.41. The van der Waals surface area contributed by atoms with Gasteiger partial charge in [0, 0.05) is 42.4 Å². The minimum absolute atomic E-state index is 0.160. The van der Waals surface area contributed by atoms with E-state index in [9.17, 15) is 4.79 Å². The lowest BCUT2D eigenvalue weighted by molar-refractivity contribution is -0.122. The number of piperidine rings is 1. The molecule has 0 spiro atoms. The van der Waals surface area contributed by atoms with Crippen LogP contribution < -0.4 is 0 Å². The molecule has 132 valence electrons. The van der Waals surface area contributed by atoms with Crippen molar-refractivity contribution in [3.63, 3.8) is 0 Å². The van der Waals surface area contributed by atoms with Gasteiger partial charge in [0.15, 0.2) is 0 Å². The van der Waals surface area contributed by atoms with Crippen LogP contribution >= 0.6 is 0 Å². The molecule has 3 aromatic rings. The standard InChI is InChI=1S/C23H24N2O/c1-23(2,25-14-12-18(26)13-15-25)20-16-22(17-8-4-3-5-9-17)24-21-11-7-6-10-19(20)21/h3-11,16H,12-15H2,1-2H3. The zero-order valence-corrected chi connectivity index (χ0v) is 15.4. The van der Waals surface area contributed by atoms with E-state index in [1.165, 1.54) is 10.9 Å². The molecule has 4 rings (SSSR count). The normalized spacial score (nSPS) is 16.2. The molecule has 2 aromatic carbocycles. The third kappa shape index (κ3) is 3.04. The van der Waals surface area contributed by atoms with Crippen LogP contribution in [-0.2, 0) is 10.3 Å². The van der Waals surface area contributed by atoms with E-state index in [-0.39, 0.29) is 5.54 Å². The summed E-state index contributed by atoms with van der Waals surface area (Å²) in [6.07, 6.45) is 1.30. The van der Waals surface area contributed by atoms with E-state index in [4.69, 9.17) is 4.98 Å². The van der Waals surface area contributed by atoms with Gasteiger partial charge in [-0.15, -0.1) is 0 Å². The third-order valence-electron chi connectivity index (χ3n) is 5.56. The van der Waals surface area contributed by atoms with E-state index in [0.29, 0.717) is 18.6 Å². The van der Waals surface area contributed by atoms with Gasteiger partial charge in [0.2, 0.25) is 0 Å². The van der Waals surface area contributed by atoms with E-state index >= 15 is 0 Å². The maximum absolute atomic E-state index is 11.7. The number of fused-ring (bicyclic) bond motifs is 1. The number of nitrogens with zero attached hydrogens (tertiary/aromatic N) is 2. The number of carbonyl (C=O) groups excluding carboxylic acids is 1. The number of carbonyl (C=O) groups is 1. The summed E-state index contributed by atoms with van der Waals surface area (Å²) >= 11 is 0. The van der Waals surface area contributed by atoms with Crippen LogP contribution in [0, 0.1) is 0 Å². The van der Waals surface area contributed by atoms with Crippen LogP contribution in [-0.4, -0.2) is 28.8 Å². The monoisotopic (exact) mass is 344 g/mol. The van der Waals surface area contributed by atoms with Gasteiger partial charge in [-0.3, -0.25) is 9.69 Å². The van der Waals surface area contributed by atoms with Gasteiger partial charge in [0.1, 0.15) is 5.78 Å². The Bertz CT molecular complexity index is 937. The fraction of sp³-hybridized carbons (Fsp3) is 0.304. The van der Waals surface area contributed by atoms with Gasteiger partial charge in [-0.05, 0) is 31.5 Å². The first-order chi connectivity index (χ1) is 12.6. The molecule has 0 bridgehead atoms. The predicted octanol–water partition coefficient (Wildman–Crippen LogP) is 4.80. The zero-order valence-electron chi connectivity index (χ0n) is 15.4. The summed E-state index contributed by atoms with van der Waals surface area (Å²) in [5.41, 5.74) is 4.26. The highest BCUT2D eigenvalue weighted by molar-refractivity contribution is 5.86. The fourth-order valence-corrected chi connectivity index (χ4v) is 3.92. The third-order valence-corrected chi connectivity index (χ3v) is 5.56. The van der Waals surface area contributed by atoms with E-state index in [2.05, 4.69) is 55.1 Å². The summed E-state index contributed by atoms with van der Waals surface area (Å²) in [7, 11) is 0. The fourth-order valence-electron chi connectivity index (χ4n) is 3.92. The van der Waals surface area contributed by atoms with Crippen LogP contribution in [0.4, 0.5) is 0 Å². The smallest absolute Gasteiger partial charge is 0.135 e. The van der Waals surface area contributed by atoms with Crippen LogP contribution in [0.1, 0.15) is 32.3 Å². The molecule has 0 atom stereocenters. The number of para-hydroxylation sites is 1. The first-order valence-electron chi connectivity index (χ1n) is 9.28. The van der Waals surface area contributed by atoms with Crippen molar-refractivity contribution in [2.75, 3.05) is 13.1 Å². The highest BCUT2D eigenvalue weighted by Gasteiger charge is 2.33. The average Bonchev–Trinajstić information content (AvgIpc) is 2.68. The van der Waals surface area contributed by atoms with Crippen LogP contribution in [0.25, 0.3) is 22.2 Å². The molecule has 0 amide bonds. The summed E-state index contributed by atoms with van der Waals surface area (Å²) in [5, 5.41) is 1.19. The van der Waals surface area contributed by atoms with Crippen molar-refractivity contribution in [2.45, 2.75) is 32.2 Å². The average molecular weight is 344 g/mol. The molecule has 0 unspecified atom stereocenters. The maximum Gasteiger partial charge on any atom is 0.135 e. The number of hydrogen-bond acceptors (Lipinski definition) is 3. The Kier molecular flexibility index (Phi) is 4.33. The Morgan fingerprint density at radius 1 is 0.923 bits per heavy atom. The summed E-state index contributed by atoms with van der Waals surface area (Å²) in [6, 6.07) is 20.9. The highest BCUT2D eigenvalue weighted by Crippen LogP contribution is 2.36. The summed E-state index contributed by atoms with van der Waals surface area (Å²) < 4.78 is 0. The van der Waals surface area contributed by atoms with Gasteiger partial charge >= 0.3 is 0 Å². The number of benzene rings is 2. The highest BCUT2D eigenvalue weighted by atomic mass is 16.1. The van der Waals surface area contributed by atoms with Gasteiger partial charge in [-0.2, -0.15) is 0 Å². The molecule has 0 radical (unpaired) electrons. The molecule has 26 heavy (non-hydrogen) atoms. The SMILES string of the molecule is CC(C)(c1cc(-c2ccccc2)nc2ccccc12)N1CCC(=O)CC1. The molecule has 0 saturated carbocycles. The summed E-state index contributed by atoms with van der Waals surface area (Å²) in [4.78, 5) is 19.0. The predicted molar refractivity (Wildman–Crippen MR) is 106 cm³/mol. The largest absolute Gasteiger partial charge is 0.300 e. The zero-order chi connectivity index (χ0) is 18.1. The van der Waals surface area contributed by atoms with Crippen molar-refractivity contribution in [3.8, 4) is 11.3 Å². The van der Waals surface area contributed by atoms with E-state index < -0.39 is 0 Å². The molecule has 1 aromatic heterocycles. The Labute approximate surface area is 154 Å². The molecule has 1 aliphatic rings. The first-order valence-corrected chi connectivity index (χ1v) is 9.28. The molecular weight excluding hydrogens is 320 g/mol. The molecule has 2 heterocycles. The van der Waals surface area contributed by atoms with Crippen molar-refractivity contribution < 1.29 is 4.79 Å².